The maximum absolute atomic E-state index is 5.75. The molecule has 1 aromatic rings. The van der Waals surface area contributed by atoms with E-state index in [9.17, 15) is 0 Å². The van der Waals surface area contributed by atoms with Crippen LogP contribution in [0.15, 0.2) is 6.07 Å². The van der Waals surface area contributed by atoms with Crippen LogP contribution < -0.4 is 15.2 Å². The number of nitrogen functional groups attached to an aromatic ring is 1. The molecule has 12 heavy (non-hydrogen) atoms. The van der Waals surface area contributed by atoms with Crippen LogP contribution in [0.1, 0.15) is 0 Å². The van der Waals surface area contributed by atoms with E-state index in [0.29, 0.717) is 16.6 Å². The molecule has 1 heterocycles. The number of halogens is 1. The molecule has 0 fully saturated rings. The van der Waals surface area contributed by atoms with Crippen molar-refractivity contribution >= 4 is 17.3 Å². The fourth-order valence-corrected chi connectivity index (χ4v) is 0.915. The van der Waals surface area contributed by atoms with E-state index >= 15 is 0 Å². The van der Waals surface area contributed by atoms with Crippen LogP contribution in [0.3, 0.4) is 0 Å². The first-order valence-electron chi connectivity index (χ1n) is 3.23. The van der Waals surface area contributed by atoms with Crippen LogP contribution in [-0.2, 0) is 0 Å². The zero-order chi connectivity index (χ0) is 9.14. The fourth-order valence-electron chi connectivity index (χ4n) is 0.741. The summed E-state index contributed by atoms with van der Waals surface area (Å²) < 4.78 is 9.73. The normalized spacial score (nSPS) is 9.58. The molecule has 0 saturated heterocycles. The van der Waals surface area contributed by atoms with Gasteiger partial charge in [-0.05, 0) is 0 Å². The lowest BCUT2D eigenvalue weighted by molar-refractivity contribution is 0.365. The third-order valence-electron chi connectivity index (χ3n) is 1.33. The van der Waals surface area contributed by atoms with E-state index in [1.54, 1.807) is 0 Å². The summed E-state index contributed by atoms with van der Waals surface area (Å²) in [6.45, 7) is 0. The Morgan fingerprint density at radius 2 is 2.08 bits per heavy atom. The third kappa shape index (κ3) is 1.53. The number of methoxy groups -OCH3 is 2. The molecular weight excluding hydrogens is 180 g/mol. The molecule has 0 radical (unpaired) electrons. The summed E-state index contributed by atoms with van der Waals surface area (Å²) in [7, 11) is 2.96. The van der Waals surface area contributed by atoms with Crippen LogP contribution in [0.4, 0.5) is 5.69 Å². The lowest BCUT2D eigenvalue weighted by Gasteiger charge is -2.06. The highest BCUT2D eigenvalue weighted by Crippen LogP contribution is 2.30. The SMILES string of the molecule is COc1cc(N)c(Cl)c(OC)n1. The van der Waals surface area contributed by atoms with Gasteiger partial charge in [-0.25, -0.2) is 0 Å². The first-order chi connectivity index (χ1) is 5.69. The molecule has 66 valence electrons. The summed E-state index contributed by atoms with van der Waals surface area (Å²) >= 11 is 5.75. The number of anilines is 1. The maximum Gasteiger partial charge on any atom is 0.237 e. The van der Waals surface area contributed by atoms with Crippen molar-refractivity contribution in [3.05, 3.63) is 11.1 Å². The van der Waals surface area contributed by atoms with Crippen LogP contribution >= 0.6 is 11.6 Å². The molecule has 1 rings (SSSR count). The van der Waals surface area contributed by atoms with Gasteiger partial charge in [-0.15, -0.1) is 0 Å². The second kappa shape index (κ2) is 3.49. The number of aromatic nitrogens is 1. The van der Waals surface area contributed by atoms with Crippen molar-refractivity contribution in [2.24, 2.45) is 0 Å². The van der Waals surface area contributed by atoms with Gasteiger partial charge in [-0.2, -0.15) is 4.98 Å². The van der Waals surface area contributed by atoms with E-state index in [1.165, 1.54) is 20.3 Å². The zero-order valence-electron chi connectivity index (χ0n) is 6.80. The molecule has 0 amide bonds. The Morgan fingerprint density at radius 3 is 2.58 bits per heavy atom. The molecular formula is C7H9ClN2O2. The second-order valence-corrected chi connectivity index (χ2v) is 2.46. The summed E-state index contributed by atoms with van der Waals surface area (Å²) in [5.74, 6) is 0.655. The molecule has 0 atom stereocenters. The lowest BCUT2D eigenvalue weighted by Crippen LogP contribution is -1.96. The van der Waals surface area contributed by atoms with E-state index in [2.05, 4.69) is 4.98 Å². The standard InChI is InChI=1S/C7H9ClN2O2/c1-11-5-3-4(9)6(8)7(10-5)12-2/h3H,1-2H3,(H2,9,10). The van der Waals surface area contributed by atoms with Crippen LogP contribution in [0.2, 0.25) is 5.02 Å². The van der Waals surface area contributed by atoms with Crippen LogP contribution in [0.25, 0.3) is 0 Å². The first-order valence-corrected chi connectivity index (χ1v) is 3.60. The highest BCUT2D eigenvalue weighted by molar-refractivity contribution is 6.34. The monoisotopic (exact) mass is 188 g/mol. The summed E-state index contributed by atoms with van der Waals surface area (Å²) in [4.78, 5) is 3.91. The molecule has 0 spiro atoms. The molecule has 4 nitrogen and oxygen atoms in total. The average Bonchev–Trinajstić information content (AvgIpc) is 2.09. The van der Waals surface area contributed by atoms with Crippen molar-refractivity contribution < 1.29 is 9.47 Å². The number of pyridine rings is 1. The Balaban J connectivity index is 3.19. The van der Waals surface area contributed by atoms with Crippen molar-refractivity contribution in [3.63, 3.8) is 0 Å². The summed E-state index contributed by atoms with van der Waals surface area (Å²) in [5.41, 5.74) is 5.93. The van der Waals surface area contributed by atoms with Crippen molar-refractivity contribution in [1.82, 2.24) is 4.98 Å². The number of hydrogen-bond donors (Lipinski definition) is 1. The quantitative estimate of drug-likeness (QED) is 0.761. The molecule has 0 saturated carbocycles. The van der Waals surface area contributed by atoms with Gasteiger partial charge in [0.05, 0.1) is 19.9 Å². The minimum Gasteiger partial charge on any atom is -0.481 e. The van der Waals surface area contributed by atoms with E-state index < -0.39 is 0 Å². The summed E-state index contributed by atoms with van der Waals surface area (Å²) in [6.07, 6.45) is 0. The molecule has 0 aromatic carbocycles. The smallest absolute Gasteiger partial charge is 0.237 e. The van der Waals surface area contributed by atoms with Gasteiger partial charge in [0.15, 0.2) is 0 Å². The van der Waals surface area contributed by atoms with Crippen LogP contribution in [0.5, 0.6) is 11.8 Å². The fraction of sp³-hybridized carbons (Fsp3) is 0.286. The van der Waals surface area contributed by atoms with Crippen molar-refractivity contribution in [1.29, 1.82) is 0 Å². The highest BCUT2D eigenvalue weighted by Gasteiger charge is 2.08. The van der Waals surface area contributed by atoms with Gasteiger partial charge >= 0.3 is 0 Å². The van der Waals surface area contributed by atoms with Gasteiger partial charge in [0.2, 0.25) is 11.8 Å². The molecule has 5 heteroatoms. The highest BCUT2D eigenvalue weighted by atomic mass is 35.5. The zero-order valence-corrected chi connectivity index (χ0v) is 7.55. The number of nitrogens with two attached hydrogens (primary N) is 1. The van der Waals surface area contributed by atoms with Gasteiger partial charge in [0.1, 0.15) is 5.02 Å². The largest absolute Gasteiger partial charge is 0.481 e. The minimum absolute atomic E-state index is 0.272. The molecule has 0 bridgehead atoms. The first kappa shape index (κ1) is 8.93. The predicted octanol–water partition coefficient (Wildman–Crippen LogP) is 1.33. The summed E-state index contributed by atoms with van der Waals surface area (Å²) in [5, 5.41) is 0.304. The van der Waals surface area contributed by atoms with Crippen LogP contribution in [0, 0.1) is 0 Å². The third-order valence-corrected chi connectivity index (χ3v) is 1.71. The van der Waals surface area contributed by atoms with Gasteiger partial charge < -0.3 is 15.2 Å². The molecule has 1 aromatic heterocycles. The average molecular weight is 189 g/mol. The van der Waals surface area contributed by atoms with Crippen LogP contribution in [-0.4, -0.2) is 19.2 Å². The Morgan fingerprint density at radius 1 is 1.42 bits per heavy atom. The van der Waals surface area contributed by atoms with Crippen molar-refractivity contribution in [2.45, 2.75) is 0 Å². The minimum atomic E-state index is 0.272. The number of rotatable bonds is 2. The molecule has 0 unspecified atom stereocenters. The van der Waals surface area contributed by atoms with E-state index in [0.717, 1.165) is 0 Å². The predicted molar refractivity (Wildman–Crippen MR) is 46.8 cm³/mol. The Bertz CT molecular complexity index is 291. The van der Waals surface area contributed by atoms with Gasteiger partial charge in [0, 0.05) is 6.07 Å². The summed E-state index contributed by atoms with van der Waals surface area (Å²) in [6, 6.07) is 1.53. The number of ether oxygens (including phenoxy) is 2. The maximum atomic E-state index is 5.75. The molecule has 2 N–H and O–H groups in total. The van der Waals surface area contributed by atoms with E-state index in [-0.39, 0.29) is 5.88 Å². The second-order valence-electron chi connectivity index (χ2n) is 2.08. The van der Waals surface area contributed by atoms with Gasteiger partial charge in [0.25, 0.3) is 0 Å². The number of nitrogens with zero attached hydrogens (tertiary/aromatic N) is 1. The van der Waals surface area contributed by atoms with Gasteiger partial charge in [-0.3, -0.25) is 0 Å². The topological polar surface area (TPSA) is 57.4 Å². The Hall–Kier alpha value is -1.16. The van der Waals surface area contributed by atoms with E-state index in [1.807, 2.05) is 0 Å². The molecule has 0 aliphatic carbocycles. The lowest BCUT2D eigenvalue weighted by atomic mass is 10.4. The van der Waals surface area contributed by atoms with Crippen molar-refractivity contribution in [2.75, 3.05) is 20.0 Å². The molecule has 0 aliphatic heterocycles. The Labute approximate surface area is 75.3 Å². The van der Waals surface area contributed by atoms with E-state index in [4.69, 9.17) is 26.8 Å². The number of hydrogen-bond acceptors (Lipinski definition) is 4. The van der Waals surface area contributed by atoms with Gasteiger partial charge in [-0.1, -0.05) is 11.6 Å². The molecule has 0 aliphatic rings. The van der Waals surface area contributed by atoms with Crippen molar-refractivity contribution in [3.8, 4) is 11.8 Å². The Kier molecular flexibility index (Phi) is 2.60.